The van der Waals surface area contributed by atoms with Gasteiger partial charge in [-0.1, -0.05) is 43.7 Å². The van der Waals surface area contributed by atoms with Crippen molar-refractivity contribution in [2.24, 2.45) is 0 Å². The Kier molecular flexibility index (Phi) is 6.60. The molecule has 0 fully saturated rings. The molecule has 1 N–H and O–H groups in total. The van der Waals surface area contributed by atoms with Gasteiger partial charge >= 0.3 is 0 Å². The Bertz CT molecular complexity index is 596. The number of carbonyl (C=O) groups is 1. The molecular weight excluding hydrogens is 286 g/mol. The van der Waals surface area contributed by atoms with E-state index < -0.39 is 0 Å². The second-order valence-corrected chi connectivity index (χ2v) is 5.55. The van der Waals surface area contributed by atoms with Crippen LogP contribution in [0.25, 0.3) is 0 Å². The summed E-state index contributed by atoms with van der Waals surface area (Å²) in [6.45, 7) is 5.95. The number of pyridine rings is 1. The Morgan fingerprint density at radius 2 is 1.91 bits per heavy atom. The number of aromatic nitrogens is 1. The van der Waals surface area contributed by atoms with Crippen LogP contribution < -0.4 is 10.2 Å². The van der Waals surface area contributed by atoms with Gasteiger partial charge in [-0.25, -0.2) is 4.98 Å². The molecule has 0 aliphatic heterocycles. The van der Waals surface area contributed by atoms with Gasteiger partial charge in [0, 0.05) is 19.5 Å². The number of hydrogen-bond donors (Lipinski definition) is 1. The lowest BCUT2D eigenvalue weighted by atomic mass is 10.2. The van der Waals surface area contributed by atoms with Gasteiger partial charge in [0.1, 0.15) is 5.82 Å². The topological polar surface area (TPSA) is 45.2 Å². The van der Waals surface area contributed by atoms with Crippen molar-refractivity contribution in [3.8, 4) is 0 Å². The summed E-state index contributed by atoms with van der Waals surface area (Å²) < 4.78 is 0. The molecule has 1 heterocycles. The lowest BCUT2D eigenvalue weighted by Crippen LogP contribution is -2.22. The van der Waals surface area contributed by atoms with Crippen molar-refractivity contribution < 1.29 is 4.79 Å². The summed E-state index contributed by atoms with van der Waals surface area (Å²) in [7, 11) is 0. The van der Waals surface area contributed by atoms with Gasteiger partial charge in [-0.3, -0.25) is 4.79 Å². The maximum absolute atomic E-state index is 11.7. The molecule has 23 heavy (non-hydrogen) atoms. The van der Waals surface area contributed by atoms with Crippen molar-refractivity contribution in [2.75, 3.05) is 16.8 Å². The van der Waals surface area contributed by atoms with E-state index in [2.05, 4.69) is 53.3 Å². The number of nitrogens with one attached hydrogen (secondary N) is 1. The normalized spacial score (nSPS) is 10.3. The van der Waals surface area contributed by atoms with Crippen molar-refractivity contribution in [3.05, 3.63) is 54.2 Å². The van der Waals surface area contributed by atoms with E-state index in [1.54, 1.807) is 0 Å². The number of carbonyl (C=O) groups excluding carboxylic acids is 1. The summed E-state index contributed by atoms with van der Waals surface area (Å²) >= 11 is 0. The summed E-state index contributed by atoms with van der Waals surface area (Å²) in [6, 6.07) is 14.3. The summed E-state index contributed by atoms with van der Waals surface area (Å²) in [5.74, 6) is 0.648. The smallest absolute Gasteiger partial charge is 0.225 e. The second kappa shape index (κ2) is 8.93. The van der Waals surface area contributed by atoms with Crippen molar-refractivity contribution in [2.45, 2.75) is 39.7 Å². The van der Waals surface area contributed by atoms with Crippen LogP contribution in [0.4, 0.5) is 11.5 Å². The summed E-state index contributed by atoms with van der Waals surface area (Å²) in [4.78, 5) is 18.3. The molecule has 2 rings (SSSR count). The minimum absolute atomic E-state index is 0.0312. The van der Waals surface area contributed by atoms with Crippen LogP contribution in [-0.4, -0.2) is 17.4 Å². The highest BCUT2D eigenvalue weighted by Crippen LogP contribution is 2.18. The molecule has 1 amide bonds. The first kappa shape index (κ1) is 17.0. The summed E-state index contributed by atoms with van der Waals surface area (Å²) in [5.41, 5.74) is 2.33. The van der Waals surface area contributed by atoms with Gasteiger partial charge in [-0.15, -0.1) is 0 Å². The SMILES string of the molecule is CCCCC(=O)Nc1ccc(N(CC)Cc2ccccc2)cn1. The largest absolute Gasteiger partial charge is 0.366 e. The van der Waals surface area contributed by atoms with Crippen LogP contribution in [0.3, 0.4) is 0 Å². The molecule has 0 aliphatic rings. The molecule has 0 spiro atoms. The van der Waals surface area contributed by atoms with Gasteiger partial charge in [0.2, 0.25) is 5.91 Å². The van der Waals surface area contributed by atoms with Crippen LogP contribution in [0.2, 0.25) is 0 Å². The zero-order valence-corrected chi connectivity index (χ0v) is 14.0. The van der Waals surface area contributed by atoms with Crippen molar-refractivity contribution in [1.29, 1.82) is 0 Å². The highest BCUT2D eigenvalue weighted by Gasteiger charge is 2.07. The molecule has 1 aromatic heterocycles. The van der Waals surface area contributed by atoms with Gasteiger partial charge in [0.25, 0.3) is 0 Å². The van der Waals surface area contributed by atoms with E-state index in [1.165, 1.54) is 5.56 Å². The third-order valence-electron chi connectivity index (χ3n) is 3.74. The number of anilines is 2. The maximum atomic E-state index is 11.7. The van der Waals surface area contributed by atoms with Crippen molar-refractivity contribution >= 4 is 17.4 Å². The zero-order valence-electron chi connectivity index (χ0n) is 14.0. The quantitative estimate of drug-likeness (QED) is 0.793. The first-order valence-corrected chi connectivity index (χ1v) is 8.27. The number of unbranched alkanes of at least 4 members (excludes halogenated alkanes) is 1. The molecule has 122 valence electrons. The minimum atomic E-state index is 0.0312. The van der Waals surface area contributed by atoms with E-state index in [1.807, 2.05) is 24.4 Å². The average Bonchev–Trinajstić information content (AvgIpc) is 2.59. The summed E-state index contributed by atoms with van der Waals surface area (Å²) in [6.07, 6.45) is 4.30. The molecule has 0 saturated carbocycles. The molecule has 0 atom stereocenters. The van der Waals surface area contributed by atoms with Crippen LogP contribution in [0.5, 0.6) is 0 Å². The van der Waals surface area contributed by atoms with E-state index >= 15 is 0 Å². The van der Waals surface area contributed by atoms with Gasteiger partial charge in [0.15, 0.2) is 0 Å². The lowest BCUT2D eigenvalue weighted by Gasteiger charge is -2.23. The van der Waals surface area contributed by atoms with Crippen LogP contribution >= 0.6 is 0 Å². The molecule has 0 saturated heterocycles. The van der Waals surface area contributed by atoms with Crippen LogP contribution in [0.15, 0.2) is 48.7 Å². The Morgan fingerprint density at radius 3 is 2.52 bits per heavy atom. The molecule has 2 aromatic rings. The Labute approximate surface area is 138 Å². The van der Waals surface area contributed by atoms with Gasteiger partial charge in [-0.05, 0) is 31.0 Å². The Balaban J connectivity index is 1.98. The first-order valence-electron chi connectivity index (χ1n) is 8.27. The fourth-order valence-electron chi connectivity index (χ4n) is 2.38. The van der Waals surface area contributed by atoms with E-state index in [0.717, 1.165) is 31.6 Å². The Morgan fingerprint density at radius 1 is 1.13 bits per heavy atom. The summed E-state index contributed by atoms with van der Waals surface area (Å²) in [5, 5.41) is 2.84. The fourth-order valence-corrected chi connectivity index (χ4v) is 2.38. The monoisotopic (exact) mass is 311 g/mol. The average molecular weight is 311 g/mol. The fraction of sp³-hybridized carbons (Fsp3) is 0.368. The molecule has 1 aromatic carbocycles. The molecule has 4 nitrogen and oxygen atoms in total. The third-order valence-corrected chi connectivity index (χ3v) is 3.74. The van der Waals surface area contributed by atoms with Crippen LogP contribution in [0, 0.1) is 0 Å². The number of benzene rings is 1. The maximum Gasteiger partial charge on any atom is 0.225 e. The van der Waals surface area contributed by atoms with Crippen molar-refractivity contribution in [3.63, 3.8) is 0 Å². The number of rotatable bonds is 8. The van der Waals surface area contributed by atoms with Gasteiger partial charge in [0.05, 0.1) is 11.9 Å². The van der Waals surface area contributed by atoms with Crippen molar-refractivity contribution in [1.82, 2.24) is 4.98 Å². The van der Waals surface area contributed by atoms with Gasteiger partial charge < -0.3 is 10.2 Å². The standard InChI is InChI=1S/C19H25N3O/c1-3-5-11-19(23)21-18-13-12-17(14-20-18)22(4-2)15-16-9-7-6-8-10-16/h6-10,12-14H,3-5,11,15H2,1-2H3,(H,20,21,23). The lowest BCUT2D eigenvalue weighted by molar-refractivity contribution is -0.116. The molecule has 0 unspecified atom stereocenters. The molecule has 0 bridgehead atoms. The number of hydrogen-bond acceptors (Lipinski definition) is 3. The van der Waals surface area contributed by atoms with Crippen LogP contribution in [0.1, 0.15) is 38.7 Å². The van der Waals surface area contributed by atoms with E-state index in [9.17, 15) is 4.79 Å². The number of nitrogens with zero attached hydrogens (tertiary/aromatic N) is 2. The predicted molar refractivity (Wildman–Crippen MR) is 95.6 cm³/mol. The second-order valence-electron chi connectivity index (χ2n) is 5.55. The van der Waals surface area contributed by atoms with E-state index in [0.29, 0.717) is 12.2 Å². The number of amides is 1. The molecule has 0 radical (unpaired) electrons. The van der Waals surface area contributed by atoms with E-state index in [4.69, 9.17) is 0 Å². The highest BCUT2D eigenvalue weighted by molar-refractivity contribution is 5.89. The minimum Gasteiger partial charge on any atom is -0.366 e. The van der Waals surface area contributed by atoms with Gasteiger partial charge in [-0.2, -0.15) is 0 Å². The third kappa shape index (κ3) is 5.40. The molecule has 0 aliphatic carbocycles. The van der Waals surface area contributed by atoms with Crippen LogP contribution in [-0.2, 0) is 11.3 Å². The molecular formula is C19H25N3O. The predicted octanol–water partition coefficient (Wildman–Crippen LogP) is 4.24. The zero-order chi connectivity index (χ0) is 16.5. The Hall–Kier alpha value is -2.36. The van der Waals surface area contributed by atoms with E-state index in [-0.39, 0.29) is 5.91 Å². The molecule has 4 heteroatoms. The highest BCUT2D eigenvalue weighted by atomic mass is 16.1. The first-order chi connectivity index (χ1) is 11.2.